The largest absolute Gasteiger partial charge is 0.493 e. The smallest absolute Gasteiger partial charge is 0.268 e. The summed E-state index contributed by atoms with van der Waals surface area (Å²) in [5, 5.41) is 3.74. The fraction of sp³-hybridized carbons (Fsp3) is 0.429. The van der Waals surface area contributed by atoms with Crippen LogP contribution in [0.5, 0.6) is 17.2 Å². The van der Waals surface area contributed by atoms with E-state index in [9.17, 15) is 4.79 Å². The topological polar surface area (TPSA) is 95.7 Å². The van der Waals surface area contributed by atoms with E-state index >= 15 is 0 Å². The van der Waals surface area contributed by atoms with Gasteiger partial charge in [0.25, 0.3) is 5.91 Å². The monoisotopic (exact) mass is 451 g/mol. The van der Waals surface area contributed by atoms with Crippen LogP contribution in [0.4, 0.5) is 5.69 Å². The minimum atomic E-state index is -0.718. The van der Waals surface area contributed by atoms with E-state index in [-0.39, 0.29) is 22.9 Å². The molecule has 1 amide bonds. The third-order valence-electron chi connectivity index (χ3n) is 5.47. The van der Waals surface area contributed by atoms with Crippen LogP contribution in [-0.2, 0) is 0 Å². The third kappa shape index (κ3) is 3.96. The lowest BCUT2D eigenvalue weighted by Gasteiger charge is -2.30. The zero-order valence-corrected chi connectivity index (χ0v) is 18.1. The quantitative estimate of drug-likeness (QED) is 0.657. The summed E-state index contributed by atoms with van der Waals surface area (Å²) < 4.78 is 17.8. The van der Waals surface area contributed by atoms with Gasteiger partial charge in [-0.1, -0.05) is 23.2 Å². The van der Waals surface area contributed by atoms with E-state index in [0.29, 0.717) is 41.0 Å². The zero-order chi connectivity index (χ0) is 21.3. The van der Waals surface area contributed by atoms with E-state index in [1.54, 1.807) is 7.11 Å². The Morgan fingerprint density at radius 1 is 1.27 bits per heavy atom. The number of halogens is 2. The molecule has 0 saturated heterocycles. The highest BCUT2D eigenvalue weighted by Crippen LogP contribution is 2.48. The van der Waals surface area contributed by atoms with E-state index in [2.05, 4.69) is 10.3 Å². The van der Waals surface area contributed by atoms with Crippen molar-refractivity contribution in [2.45, 2.75) is 44.2 Å². The van der Waals surface area contributed by atoms with E-state index in [0.717, 1.165) is 31.2 Å². The number of anilines is 1. The summed E-state index contributed by atoms with van der Waals surface area (Å²) in [6.45, 7) is 0.474. The summed E-state index contributed by atoms with van der Waals surface area (Å²) in [5.74, 6) is 1.20. The van der Waals surface area contributed by atoms with Crippen LogP contribution in [0.3, 0.4) is 0 Å². The number of carbonyl (C=O) groups excluding carboxylic acids is 1. The first-order valence-electron chi connectivity index (χ1n) is 9.90. The average Bonchev–Trinajstić information content (AvgIpc) is 3.24. The molecule has 1 atom stereocenters. The highest BCUT2D eigenvalue weighted by Gasteiger charge is 2.30. The van der Waals surface area contributed by atoms with Gasteiger partial charge in [-0.3, -0.25) is 4.79 Å². The van der Waals surface area contributed by atoms with Crippen molar-refractivity contribution in [2.75, 3.05) is 19.0 Å². The Morgan fingerprint density at radius 2 is 2.03 bits per heavy atom. The lowest BCUT2D eigenvalue weighted by Crippen LogP contribution is -2.23. The summed E-state index contributed by atoms with van der Waals surface area (Å²) in [6.07, 6.45) is 6.55. The molecule has 1 aliphatic carbocycles. The number of benzene rings is 1. The van der Waals surface area contributed by atoms with E-state index in [1.165, 1.54) is 6.20 Å². The number of aromatic nitrogens is 1. The van der Waals surface area contributed by atoms with Gasteiger partial charge in [0.15, 0.2) is 11.5 Å². The Balaban J connectivity index is 1.69. The van der Waals surface area contributed by atoms with Crippen molar-refractivity contribution in [1.29, 1.82) is 0 Å². The SMILES string of the molecule is COc1ccc2c(c1OC1CCCC1)OCCC2Nc1c(Cl)cnc(C(N)=O)c1Cl. The number of ether oxygens (including phenoxy) is 3. The highest BCUT2D eigenvalue weighted by atomic mass is 35.5. The molecule has 0 radical (unpaired) electrons. The van der Waals surface area contributed by atoms with Gasteiger partial charge in [-0.25, -0.2) is 4.98 Å². The highest BCUT2D eigenvalue weighted by molar-refractivity contribution is 6.40. The molecule has 1 aromatic carbocycles. The first-order valence-corrected chi connectivity index (χ1v) is 10.7. The average molecular weight is 452 g/mol. The molecule has 1 unspecified atom stereocenters. The van der Waals surface area contributed by atoms with E-state index in [4.69, 9.17) is 43.1 Å². The minimum Gasteiger partial charge on any atom is -0.493 e. The number of nitrogens with zero attached hydrogens (tertiary/aromatic N) is 1. The second kappa shape index (κ2) is 8.78. The van der Waals surface area contributed by atoms with E-state index < -0.39 is 5.91 Å². The molecular weight excluding hydrogens is 429 g/mol. The van der Waals surface area contributed by atoms with Crippen molar-refractivity contribution in [1.82, 2.24) is 4.98 Å². The van der Waals surface area contributed by atoms with Crippen LogP contribution in [0.2, 0.25) is 10.0 Å². The van der Waals surface area contributed by atoms with Gasteiger partial charge in [0.1, 0.15) is 5.69 Å². The predicted octanol–water partition coefficient (Wildman–Crippen LogP) is 4.75. The van der Waals surface area contributed by atoms with Crippen LogP contribution in [0.25, 0.3) is 0 Å². The normalized spacial score (nSPS) is 18.4. The maximum Gasteiger partial charge on any atom is 0.268 e. The summed E-state index contributed by atoms with van der Waals surface area (Å²) in [4.78, 5) is 15.5. The molecule has 0 bridgehead atoms. The lowest BCUT2D eigenvalue weighted by molar-refractivity contribution is 0.0996. The second-order valence-electron chi connectivity index (χ2n) is 7.38. The van der Waals surface area contributed by atoms with Gasteiger partial charge >= 0.3 is 0 Å². The summed E-state index contributed by atoms with van der Waals surface area (Å²) in [6, 6.07) is 3.64. The standard InChI is InChI=1S/C21H23Cl2N3O4/c1-28-15-7-6-12-14(26-17-13(22)10-25-18(16(17)23)21(24)27)8-9-29-19(12)20(15)30-11-4-2-3-5-11/h6-7,10-11,14H,2-5,8-9H2,1H3,(H2,24,27)(H,25,26). The molecular formula is C21H23Cl2N3O4. The summed E-state index contributed by atoms with van der Waals surface area (Å²) in [5.41, 5.74) is 6.65. The molecule has 160 valence electrons. The van der Waals surface area contributed by atoms with Crippen molar-refractivity contribution >= 4 is 34.8 Å². The molecule has 4 rings (SSSR count). The van der Waals surface area contributed by atoms with Gasteiger partial charge in [-0.05, 0) is 37.8 Å². The van der Waals surface area contributed by atoms with Crippen LogP contribution >= 0.6 is 23.2 Å². The molecule has 9 heteroatoms. The van der Waals surface area contributed by atoms with Crippen molar-refractivity contribution in [3.05, 3.63) is 39.6 Å². The Labute approximate surface area is 184 Å². The number of fused-ring (bicyclic) bond motifs is 1. The number of nitrogens with one attached hydrogen (secondary N) is 1. The zero-order valence-electron chi connectivity index (χ0n) is 16.5. The number of methoxy groups -OCH3 is 1. The molecule has 1 aliphatic heterocycles. The van der Waals surface area contributed by atoms with Crippen LogP contribution in [-0.4, -0.2) is 30.7 Å². The summed E-state index contributed by atoms with van der Waals surface area (Å²) in [7, 11) is 1.61. The first kappa shape index (κ1) is 20.9. The van der Waals surface area contributed by atoms with Gasteiger partial charge in [0, 0.05) is 18.2 Å². The molecule has 2 aliphatic rings. The van der Waals surface area contributed by atoms with Crippen molar-refractivity contribution in [3.8, 4) is 17.2 Å². The molecule has 0 spiro atoms. The van der Waals surface area contributed by atoms with Crippen LogP contribution in [0, 0.1) is 0 Å². The fourth-order valence-corrected chi connectivity index (χ4v) is 4.50. The third-order valence-corrected chi connectivity index (χ3v) is 6.12. The lowest BCUT2D eigenvalue weighted by atomic mass is 9.99. The van der Waals surface area contributed by atoms with Gasteiger partial charge in [0.05, 0.1) is 41.6 Å². The first-order chi connectivity index (χ1) is 14.5. The number of carbonyl (C=O) groups is 1. The van der Waals surface area contributed by atoms with Gasteiger partial charge < -0.3 is 25.3 Å². The molecule has 3 N–H and O–H groups in total. The molecule has 1 fully saturated rings. The van der Waals surface area contributed by atoms with Crippen molar-refractivity contribution < 1.29 is 19.0 Å². The molecule has 2 aromatic rings. The Bertz CT molecular complexity index is 964. The number of primary amides is 1. The maximum atomic E-state index is 11.6. The van der Waals surface area contributed by atoms with E-state index in [1.807, 2.05) is 12.1 Å². The molecule has 30 heavy (non-hydrogen) atoms. The van der Waals surface area contributed by atoms with Crippen molar-refractivity contribution in [2.24, 2.45) is 5.73 Å². The fourth-order valence-electron chi connectivity index (χ4n) is 3.96. The molecule has 2 heterocycles. The number of hydrogen-bond donors (Lipinski definition) is 2. The van der Waals surface area contributed by atoms with Gasteiger partial charge in [-0.15, -0.1) is 0 Å². The molecule has 7 nitrogen and oxygen atoms in total. The van der Waals surface area contributed by atoms with Gasteiger partial charge in [-0.2, -0.15) is 0 Å². The Kier molecular flexibility index (Phi) is 6.11. The van der Waals surface area contributed by atoms with Gasteiger partial charge in [0.2, 0.25) is 5.75 Å². The van der Waals surface area contributed by atoms with Crippen LogP contribution < -0.4 is 25.3 Å². The number of nitrogens with two attached hydrogens (primary N) is 1. The second-order valence-corrected chi connectivity index (χ2v) is 8.17. The Hall–Kier alpha value is -2.38. The Morgan fingerprint density at radius 3 is 2.73 bits per heavy atom. The minimum absolute atomic E-state index is 0.0316. The number of amides is 1. The van der Waals surface area contributed by atoms with Crippen LogP contribution in [0.15, 0.2) is 18.3 Å². The van der Waals surface area contributed by atoms with Crippen LogP contribution in [0.1, 0.15) is 54.2 Å². The predicted molar refractivity (Wildman–Crippen MR) is 115 cm³/mol. The number of hydrogen-bond acceptors (Lipinski definition) is 6. The summed E-state index contributed by atoms with van der Waals surface area (Å²) >= 11 is 12.7. The molecule has 1 aromatic heterocycles. The number of rotatable bonds is 6. The molecule has 1 saturated carbocycles. The van der Waals surface area contributed by atoms with Crippen molar-refractivity contribution in [3.63, 3.8) is 0 Å². The maximum absolute atomic E-state index is 11.6. The number of pyridine rings is 1.